The normalized spacial score (nSPS) is 14.3. The Kier molecular flexibility index (Phi) is 7.28. The van der Waals surface area contributed by atoms with E-state index in [1.807, 2.05) is 62.4 Å². The molecule has 2 aromatic rings. The number of aryl methyl sites for hydroxylation is 2. The minimum atomic E-state index is -0.547. The highest BCUT2D eigenvalue weighted by atomic mass is 16.6. The number of carbonyl (C=O) groups excluding carboxylic acids is 2. The van der Waals surface area contributed by atoms with Gasteiger partial charge in [-0.05, 0) is 62.1 Å². The summed E-state index contributed by atoms with van der Waals surface area (Å²) in [5.41, 5.74) is 2.98. The van der Waals surface area contributed by atoms with Crippen molar-refractivity contribution in [3.05, 3.63) is 59.7 Å². The summed E-state index contributed by atoms with van der Waals surface area (Å²) in [6, 6.07) is 15.5. The van der Waals surface area contributed by atoms with E-state index in [1.165, 1.54) is 6.42 Å². The predicted molar refractivity (Wildman–Crippen MR) is 113 cm³/mol. The molecule has 1 fully saturated rings. The summed E-state index contributed by atoms with van der Waals surface area (Å²) in [7, 11) is 0. The van der Waals surface area contributed by atoms with Gasteiger partial charge in [0.15, 0.2) is 13.2 Å². The van der Waals surface area contributed by atoms with Crippen LogP contribution in [0.3, 0.4) is 0 Å². The Balaban J connectivity index is 1.57. The van der Waals surface area contributed by atoms with Gasteiger partial charge in [-0.2, -0.15) is 0 Å². The Labute approximate surface area is 172 Å². The first-order valence-electron chi connectivity index (χ1n) is 10.3. The lowest BCUT2D eigenvalue weighted by atomic mass is 9.93. The standard InChI is InChI=1S/C24H29NO4/c1-18-13-19(2)15-22(14-18)28-17-24(27)29-16-23(26)25(20-9-5-3-6-10-20)21-11-7-4-8-12-21/h3,5-6,9-10,13-15,21H,4,7-8,11-12,16-17H2,1-2H3. The van der Waals surface area contributed by atoms with E-state index in [1.54, 1.807) is 4.90 Å². The lowest BCUT2D eigenvalue weighted by Gasteiger charge is -2.34. The molecule has 0 spiro atoms. The van der Waals surface area contributed by atoms with E-state index in [4.69, 9.17) is 9.47 Å². The zero-order valence-electron chi connectivity index (χ0n) is 17.2. The summed E-state index contributed by atoms with van der Waals surface area (Å²) in [6.07, 6.45) is 5.39. The van der Waals surface area contributed by atoms with Crippen LogP contribution in [0.5, 0.6) is 5.75 Å². The number of hydrogen-bond acceptors (Lipinski definition) is 4. The van der Waals surface area contributed by atoms with Gasteiger partial charge in [-0.15, -0.1) is 0 Å². The number of benzene rings is 2. The maximum Gasteiger partial charge on any atom is 0.344 e. The van der Waals surface area contributed by atoms with Crippen LogP contribution >= 0.6 is 0 Å². The lowest BCUT2D eigenvalue weighted by molar-refractivity contribution is -0.149. The van der Waals surface area contributed by atoms with E-state index in [0.717, 1.165) is 42.5 Å². The fourth-order valence-corrected chi connectivity index (χ4v) is 3.90. The molecule has 3 rings (SSSR count). The zero-order chi connectivity index (χ0) is 20.6. The Bertz CT molecular complexity index is 808. The molecule has 0 aliphatic heterocycles. The topological polar surface area (TPSA) is 55.8 Å². The van der Waals surface area contributed by atoms with Crippen LogP contribution in [0, 0.1) is 13.8 Å². The van der Waals surface area contributed by atoms with Crippen LogP contribution in [-0.2, 0) is 14.3 Å². The van der Waals surface area contributed by atoms with Gasteiger partial charge in [-0.1, -0.05) is 43.5 Å². The van der Waals surface area contributed by atoms with Crippen LogP contribution in [0.4, 0.5) is 5.69 Å². The SMILES string of the molecule is Cc1cc(C)cc(OCC(=O)OCC(=O)N(c2ccccc2)C2CCCCC2)c1. The maximum absolute atomic E-state index is 12.9. The van der Waals surface area contributed by atoms with Crippen molar-refractivity contribution < 1.29 is 19.1 Å². The summed E-state index contributed by atoms with van der Waals surface area (Å²) in [5, 5.41) is 0. The molecule has 2 aromatic carbocycles. The molecule has 1 aliphatic carbocycles. The second kappa shape index (κ2) is 10.1. The Hall–Kier alpha value is -2.82. The number of rotatable bonds is 7. The van der Waals surface area contributed by atoms with Crippen LogP contribution in [0.15, 0.2) is 48.5 Å². The quantitative estimate of drug-likeness (QED) is 0.644. The van der Waals surface area contributed by atoms with E-state index in [0.29, 0.717) is 5.75 Å². The third-order valence-electron chi connectivity index (χ3n) is 5.15. The Morgan fingerprint density at radius 2 is 1.59 bits per heavy atom. The summed E-state index contributed by atoms with van der Waals surface area (Å²) in [5.74, 6) is -0.115. The molecule has 0 heterocycles. The van der Waals surface area contributed by atoms with Crippen molar-refractivity contribution in [1.82, 2.24) is 0 Å². The second-order valence-electron chi connectivity index (χ2n) is 7.66. The third-order valence-corrected chi connectivity index (χ3v) is 5.15. The number of carbonyl (C=O) groups is 2. The Morgan fingerprint density at radius 3 is 2.24 bits per heavy atom. The summed E-state index contributed by atoms with van der Waals surface area (Å²) < 4.78 is 10.7. The molecule has 0 atom stereocenters. The van der Waals surface area contributed by atoms with Gasteiger partial charge in [0, 0.05) is 11.7 Å². The molecule has 0 bridgehead atoms. The van der Waals surface area contributed by atoms with Gasteiger partial charge in [0.05, 0.1) is 0 Å². The number of hydrogen-bond donors (Lipinski definition) is 0. The van der Waals surface area contributed by atoms with Gasteiger partial charge in [0.1, 0.15) is 5.75 Å². The van der Waals surface area contributed by atoms with E-state index < -0.39 is 5.97 Å². The Morgan fingerprint density at radius 1 is 0.931 bits per heavy atom. The highest BCUT2D eigenvalue weighted by Crippen LogP contribution is 2.27. The highest BCUT2D eigenvalue weighted by molar-refractivity contribution is 5.95. The molecule has 1 aliphatic rings. The van der Waals surface area contributed by atoms with Crippen LogP contribution < -0.4 is 9.64 Å². The number of ether oxygens (including phenoxy) is 2. The maximum atomic E-state index is 12.9. The van der Waals surface area contributed by atoms with Crippen molar-refractivity contribution in [3.63, 3.8) is 0 Å². The van der Waals surface area contributed by atoms with Gasteiger partial charge in [0.2, 0.25) is 0 Å². The van der Waals surface area contributed by atoms with Crippen molar-refractivity contribution in [3.8, 4) is 5.75 Å². The molecule has 0 aromatic heterocycles. The smallest absolute Gasteiger partial charge is 0.344 e. The molecule has 0 N–H and O–H groups in total. The molecule has 0 unspecified atom stereocenters. The second-order valence-corrected chi connectivity index (χ2v) is 7.66. The molecule has 0 saturated heterocycles. The van der Waals surface area contributed by atoms with E-state index >= 15 is 0 Å². The first-order chi connectivity index (χ1) is 14.0. The first-order valence-corrected chi connectivity index (χ1v) is 10.3. The fraction of sp³-hybridized carbons (Fsp3) is 0.417. The van der Waals surface area contributed by atoms with Crippen LogP contribution in [0.25, 0.3) is 0 Å². The van der Waals surface area contributed by atoms with Crippen molar-refractivity contribution in [2.75, 3.05) is 18.1 Å². The monoisotopic (exact) mass is 395 g/mol. The number of amides is 1. The molecular formula is C24H29NO4. The lowest BCUT2D eigenvalue weighted by Crippen LogP contribution is -2.44. The molecule has 29 heavy (non-hydrogen) atoms. The summed E-state index contributed by atoms with van der Waals surface area (Å²) >= 11 is 0. The van der Waals surface area contributed by atoms with E-state index in [-0.39, 0.29) is 25.2 Å². The number of anilines is 1. The number of nitrogens with zero attached hydrogens (tertiary/aromatic N) is 1. The average Bonchev–Trinajstić information content (AvgIpc) is 2.72. The first kappa shape index (κ1) is 20.9. The van der Waals surface area contributed by atoms with Gasteiger partial charge < -0.3 is 14.4 Å². The molecule has 1 saturated carbocycles. The molecule has 0 radical (unpaired) electrons. The van der Waals surface area contributed by atoms with Crippen molar-refractivity contribution in [2.24, 2.45) is 0 Å². The summed E-state index contributed by atoms with van der Waals surface area (Å²) in [4.78, 5) is 26.8. The van der Waals surface area contributed by atoms with E-state index in [9.17, 15) is 9.59 Å². The minimum absolute atomic E-state index is 0.156. The largest absolute Gasteiger partial charge is 0.482 e. The molecular weight excluding hydrogens is 366 g/mol. The summed E-state index contributed by atoms with van der Waals surface area (Å²) in [6.45, 7) is 3.45. The third kappa shape index (κ3) is 6.08. The van der Waals surface area contributed by atoms with Crippen LogP contribution in [0.2, 0.25) is 0 Å². The van der Waals surface area contributed by atoms with Crippen molar-refractivity contribution in [1.29, 1.82) is 0 Å². The van der Waals surface area contributed by atoms with Gasteiger partial charge in [0.25, 0.3) is 5.91 Å². The van der Waals surface area contributed by atoms with Crippen LogP contribution in [-0.4, -0.2) is 31.1 Å². The zero-order valence-corrected chi connectivity index (χ0v) is 17.2. The van der Waals surface area contributed by atoms with Crippen molar-refractivity contribution >= 4 is 17.6 Å². The van der Waals surface area contributed by atoms with Crippen LogP contribution in [0.1, 0.15) is 43.2 Å². The van der Waals surface area contributed by atoms with Gasteiger partial charge in [-0.3, -0.25) is 4.79 Å². The predicted octanol–water partition coefficient (Wildman–Crippen LogP) is 4.59. The van der Waals surface area contributed by atoms with E-state index in [2.05, 4.69) is 0 Å². The molecule has 5 heteroatoms. The molecule has 1 amide bonds. The van der Waals surface area contributed by atoms with Crippen molar-refractivity contribution in [2.45, 2.75) is 52.0 Å². The molecule has 154 valence electrons. The molecule has 5 nitrogen and oxygen atoms in total. The number of esters is 1. The highest BCUT2D eigenvalue weighted by Gasteiger charge is 2.27. The fourth-order valence-electron chi connectivity index (χ4n) is 3.90. The minimum Gasteiger partial charge on any atom is -0.482 e. The van der Waals surface area contributed by atoms with Gasteiger partial charge >= 0.3 is 5.97 Å². The average molecular weight is 395 g/mol. The van der Waals surface area contributed by atoms with Gasteiger partial charge in [-0.25, -0.2) is 4.79 Å². The number of para-hydroxylation sites is 1.